The molecule has 3 rings (SSSR count). The highest BCUT2D eigenvalue weighted by molar-refractivity contribution is 9.10. The summed E-state index contributed by atoms with van der Waals surface area (Å²) in [6, 6.07) is 15.8. The van der Waals surface area contributed by atoms with Crippen molar-refractivity contribution in [1.29, 1.82) is 0 Å². The zero-order valence-corrected chi connectivity index (χ0v) is 13.1. The molecule has 0 saturated carbocycles. The van der Waals surface area contributed by atoms with Crippen molar-refractivity contribution in [1.82, 2.24) is 9.66 Å². The molecule has 0 bridgehead atoms. The van der Waals surface area contributed by atoms with E-state index in [1.807, 2.05) is 55.5 Å². The van der Waals surface area contributed by atoms with Crippen molar-refractivity contribution in [2.75, 3.05) is 11.6 Å². The number of halogens is 1. The van der Waals surface area contributed by atoms with Crippen LogP contribution in [0.1, 0.15) is 5.56 Å². The predicted molar refractivity (Wildman–Crippen MR) is 90.1 cm³/mol. The van der Waals surface area contributed by atoms with Gasteiger partial charge in [0.1, 0.15) is 5.69 Å². The summed E-state index contributed by atoms with van der Waals surface area (Å²) in [5, 5.41) is 0. The first-order valence-corrected chi connectivity index (χ1v) is 7.32. The normalized spacial score (nSPS) is 10.8. The van der Waals surface area contributed by atoms with Gasteiger partial charge >= 0.3 is 0 Å². The Morgan fingerprint density at radius 2 is 1.76 bits per heavy atom. The molecule has 0 fully saturated rings. The molecular weight excluding hydrogens is 328 g/mol. The maximum absolute atomic E-state index is 6.12. The minimum Gasteiger partial charge on any atom is -0.382 e. The Hall–Kier alpha value is -2.27. The number of aromatic nitrogens is 2. The van der Waals surface area contributed by atoms with Crippen LogP contribution in [0, 0.1) is 6.92 Å². The number of rotatable bonds is 2. The van der Waals surface area contributed by atoms with Gasteiger partial charge in [-0.1, -0.05) is 52.3 Å². The first kappa shape index (κ1) is 13.7. The summed E-state index contributed by atoms with van der Waals surface area (Å²) in [5.74, 6) is 7.17. The van der Waals surface area contributed by atoms with Crippen LogP contribution >= 0.6 is 15.9 Å². The third-order valence-electron chi connectivity index (χ3n) is 3.41. The van der Waals surface area contributed by atoms with Crippen molar-refractivity contribution < 1.29 is 0 Å². The molecule has 3 aromatic rings. The van der Waals surface area contributed by atoms with Crippen molar-refractivity contribution in [3.05, 3.63) is 58.6 Å². The fraction of sp³-hybridized carbons (Fsp3) is 0.0625. The van der Waals surface area contributed by atoms with Gasteiger partial charge in [-0.2, -0.15) is 0 Å². The summed E-state index contributed by atoms with van der Waals surface area (Å²) in [5.41, 5.74) is 9.84. The van der Waals surface area contributed by atoms with Gasteiger partial charge in [-0.15, -0.1) is 0 Å². The van der Waals surface area contributed by atoms with Crippen molar-refractivity contribution >= 4 is 21.7 Å². The van der Waals surface area contributed by atoms with Crippen LogP contribution in [0.25, 0.3) is 22.6 Å². The molecule has 4 nitrogen and oxygen atoms in total. The van der Waals surface area contributed by atoms with Crippen LogP contribution in [0.4, 0.5) is 5.82 Å². The van der Waals surface area contributed by atoms with E-state index in [4.69, 9.17) is 11.6 Å². The number of anilines is 1. The standard InChI is InChI=1S/C16H15BrN4/c1-10-9-12(7-8-13(10)17)14-15(18)21(19)16(20-14)11-5-3-2-4-6-11/h2-9H,18-19H2,1H3. The molecule has 0 saturated heterocycles. The van der Waals surface area contributed by atoms with Gasteiger partial charge in [0.05, 0.1) is 0 Å². The number of benzene rings is 2. The fourth-order valence-corrected chi connectivity index (χ4v) is 2.49. The number of hydrogen-bond donors (Lipinski definition) is 2. The summed E-state index contributed by atoms with van der Waals surface area (Å²) in [7, 11) is 0. The van der Waals surface area contributed by atoms with Gasteiger partial charge in [-0.25, -0.2) is 9.66 Å². The Morgan fingerprint density at radius 1 is 1.05 bits per heavy atom. The first-order valence-electron chi connectivity index (χ1n) is 6.53. The van der Waals surface area contributed by atoms with Crippen molar-refractivity contribution in [3.63, 3.8) is 0 Å². The molecule has 1 aromatic heterocycles. The van der Waals surface area contributed by atoms with Crippen LogP contribution in [-0.4, -0.2) is 9.66 Å². The molecule has 0 aliphatic carbocycles. The average molecular weight is 343 g/mol. The van der Waals surface area contributed by atoms with E-state index in [0.717, 1.165) is 21.2 Å². The molecule has 0 radical (unpaired) electrons. The molecule has 21 heavy (non-hydrogen) atoms. The second-order valence-corrected chi connectivity index (χ2v) is 5.72. The van der Waals surface area contributed by atoms with Gasteiger partial charge in [0.2, 0.25) is 0 Å². The molecule has 0 unspecified atom stereocenters. The largest absolute Gasteiger partial charge is 0.382 e. The molecule has 0 spiro atoms. The van der Waals surface area contributed by atoms with Crippen LogP contribution in [0.3, 0.4) is 0 Å². The Morgan fingerprint density at radius 3 is 2.43 bits per heavy atom. The molecule has 1 heterocycles. The van der Waals surface area contributed by atoms with Gasteiger partial charge in [0.15, 0.2) is 11.6 Å². The molecule has 0 atom stereocenters. The zero-order valence-electron chi connectivity index (χ0n) is 11.5. The Kier molecular flexibility index (Phi) is 3.43. The van der Waals surface area contributed by atoms with Crippen molar-refractivity contribution in [2.45, 2.75) is 6.92 Å². The average Bonchev–Trinajstić information content (AvgIpc) is 2.79. The Labute approximate surface area is 131 Å². The monoisotopic (exact) mass is 342 g/mol. The zero-order chi connectivity index (χ0) is 15.0. The van der Waals surface area contributed by atoms with E-state index in [-0.39, 0.29) is 0 Å². The second-order valence-electron chi connectivity index (χ2n) is 4.87. The Balaban J connectivity index is 2.15. The number of nitrogens with two attached hydrogens (primary N) is 2. The maximum atomic E-state index is 6.12. The van der Waals surface area contributed by atoms with E-state index in [0.29, 0.717) is 17.3 Å². The van der Waals surface area contributed by atoms with Gasteiger partial charge in [-0.3, -0.25) is 0 Å². The van der Waals surface area contributed by atoms with Crippen LogP contribution in [0.2, 0.25) is 0 Å². The van der Waals surface area contributed by atoms with E-state index in [1.165, 1.54) is 4.68 Å². The highest BCUT2D eigenvalue weighted by atomic mass is 79.9. The first-order chi connectivity index (χ1) is 10.1. The van der Waals surface area contributed by atoms with E-state index in [2.05, 4.69) is 20.9 Å². The SMILES string of the molecule is Cc1cc(-c2nc(-c3ccccc3)n(N)c2N)ccc1Br. The number of hydrogen-bond acceptors (Lipinski definition) is 3. The van der Waals surface area contributed by atoms with Gasteiger partial charge in [0.25, 0.3) is 0 Å². The number of nitrogen functional groups attached to an aromatic ring is 2. The molecule has 0 aliphatic rings. The van der Waals surface area contributed by atoms with Crippen LogP contribution < -0.4 is 11.6 Å². The Bertz CT molecular complexity index is 794. The summed E-state index contributed by atoms with van der Waals surface area (Å²) < 4.78 is 2.49. The smallest absolute Gasteiger partial charge is 0.160 e. The lowest BCUT2D eigenvalue weighted by Gasteiger charge is -2.03. The molecule has 106 valence electrons. The third kappa shape index (κ3) is 2.40. The van der Waals surface area contributed by atoms with Crippen molar-refractivity contribution in [3.8, 4) is 22.6 Å². The summed E-state index contributed by atoms with van der Waals surface area (Å²) in [4.78, 5) is 4.62. The molecule has 4 N–H and O–H groups in total. The maximum Gasteiger partial charge on any atom is 0.160 e. The highest BCUT2D eigenvalue weighted by Gasteiger charge is 2.16. The van der Waals surface area contributed by atoms with Crippen LogP contribution in [0.5, 0.6) is 0 Å². The van der Waals surface area contributed by atoms with E-state index in [9.17, 15) is 0 Å². The highest BCUT2D eigenvalue weighted by Crippen LogP contribution is 2.31. The number of imidazole rings is 1. The lowest BCUT2D eigenvalue weighted by atomic mass is 10.1. The molecule has 0 amide bonds. The third-order valence-corrected chi connectivity index (χ3v) is 4.30. The number of aryl methyl sites for hydroxylation is 1. The lowest BCUT2D eigenvalue weighted by Crippen LogP contribution is -2.13. The predicted octanol–water partition coefficient (Wildman–Crippen LogP) is 3.58. The molecule has 2 aromatic carbocycles. The molecule has 0 aliphatic heterocycles. The second kappa shape index (κ2) is 5.26. The minimum atomic E-state index is 0.454. The van der Waals surface area contributed by atoms with Gasteiger partial charge in [0, 0.05) is 15.6 Å². The molecular formula is C16H15BrN4. The van der Waals surface area contributed by atoms with Gasteiger partial charge < -0.3 is 11.6 Å². The van der Waals surface area contributed by atoms with Crippen LogP contribution in [-0.2, 0) is 0 Å². The fourth-order valence-electron chi connectivity index (χ4n) is 2.24. The summed E-state index contributed by atoms with van der Waals surface area (Å²) in [6.07, 6.45) is 0. The number of nitrogens with zero attached hydrogens (tertiary/aromatic N) is 2. The van der Waals surface area contributed by atoms with Crippen LogP contribution in [0.15, 0.2) is 53.0 Å². The summed E-state index contributed by atoms with van der Waals surface area (Å²) >= 11 is 3.50. The van der Waals surface area contributed by atoms with E-state index >= 15 is 0 Å². The van der Waals surface area contributed by atoms with Gasteiger partial charge in [-0.05, 0) is 24.6 Å². The lowest BCUT2D eigenvalue weighted by molar-refractivity contribution is 1.02. The van der Waals surface area contributed by atoms with E-state index < -0.39 is 0 Å². The quantitative estimate of drug-likeness (QED) is 0.699. The molecule has 5 heteroatoms. The minimum absolute atomic E-state index is 0.454. The van der Waals surface area contributed by atoms with E-state index in [1.54, 1.807) is 0 Å². The topological polar surface area (TPSA) is 69.9 Å². The van der Waals surface area contributed by atoms with Crippen molar-refractivity contribution in [2.24, 2.45) is 0 Å². The summed E-state index contributed by atoms with van der Waals surface area (Å²) in [6.45, 7) is 2.03.